The number of rotatable bonds is 5. The lowest BCUT2D eigenvalue weighted by Crippen LogP contribution is -2.21. The van der Waals surface area contributed by atoms with Crippen LogP contribution < -0.4 is 5.32 Å². The molecule has 2 aromatic rings. The zero-order valence-corrected chi connectivity index (χ0v) is 15.2. The lowest BCUT2D eigenvalue weighted by Gasteiger charge is -2.19. The second kappa shape index (κ2) is 6.99. The summed E-state index contributed by atoms with van der Waals surface area (Å²) < 4.78 is 0. The standard InChI is InChI=1S/C18H25NS2/c1-6-19-17(13-7-9-14(20-5)10-8-13)15-11-12-16(21-15)18(2,3)4/h7-12,17,19H,6H2,1-5H3. The first-order valence-electron chi connectivity index (χ1n) is 7.43. The second-order valence-corrected chi connectivity index (χ2v) is 8.21. The molecule has 114 valence electrons. The lowest BCUT2D eigenvalue weighted by atomic mass is 9.95. The topological polar surface area (TPSA) is 12.0 Å². The summed E-state index contributed by atoms with van der Waals surface area (Å²) in [4.78, 5) is 4.16. The van der Waals surface area contributed by atoms with Gasteiger partial charge in [-0.1, -0.05) is 39.8 Å². The molecule has 0 bridgehead atoms. The van der Waals surface area contributed by atoms with Crippen molar-refractivity contribution < 1.29 is 0 Å². The van der Waals surface area contributed by atoms with Crippen LogP contribution in [-0.2, 0) is 5.41 Å². The molecule has 0 saturated heterocycles. The molecule has 0 aliphatic carbocycles. The maximum atomic E-state index is 3.62. The van der Waals surface area contributed by atoms with E-state index in [0.29, 0.717) is 6.04 Å². The summed E-state index contributed by atoms with van der Waals surface area (Å²) in [6, 6.07) is 13.8. The third-order valence-electron chi connectivity index (χ3n) is 3.51. The average Bonchev–Trinajstić information content (AvgIpc) is 2.94. The first kappa shape index (κ1) is 16.6. The van der Waals surface area contributed by atoms with Crippen molar-refractivity contribution in [2.24, 2.45) is 0 Å². The predicted molar refractivity (Wildman–Crippen MR) is 96.8 cm³/mol. The van der Waals surface area contributed by atoms with Crippen molar-refractivity contribution in [1.82, 2.24) is 5.32 Å². The molecule has 1 nitrogen and oxygen atoms in total. The van der Waals surface area contributed by atoms with Crippen LogP contribution in [0.4, 0.5) is 0 Å². The summed E-state index contributed by atoms with van der Waals surface area (Å²) in [5.41, 5.74) is 1.57. The molecule has 0 saturated carbocycles. The van der Waals surface area contributed by atoms with Gasteiger partial charge in [0.1, 0.15) is 0 Å². The van der Waals surface area contributed by atoms with Gasteiger partial charge in [0.25, 0.3) is 0 Å². The fraction of sp³-hybridized carbons (Fsp3) is 0.444. The van der Waals surface area contributed by atoms with E-state index in [0.717, 1.165) is 6.54 Å². The maximum absolute atomic E-state index is 3.62. The summed E-state index contributed by atoms with van der Waals surface area (Å²) in [6.45, 7) is 9.97. The highest BCUT2D eigenvalue weighted by Crippen LogP contribution is 2.35. The minimum Gasteiger partial charge on any atom is -0.306 e. The fourth-order valence-electron chi connectivity index (χ4n) is 2.29. The molecule has 3 heteroatoms. The maximum Gasteiger partial charge on any atom is 0.0671 e. The van der Waals surface area contributed by atoms with Crippen LogP contribution in [0.25, 0.3) is 0 Å². The van der Waals surface area contributed by atoms with E-state index < -0.39 is 0 Å². The van der Waals surface area contributed by atoms with Gasteiger partial charge in [0.15, 0.2) is 0 Å². The number of benzene rings is 1. The number of thioether (sulfide) groups is 1. The van der Waals surface area contributed by atoms with Gasteiger partial charge in [0.2, 0.25) is 0 Å². The largest absolute Gasteiger partial charge is 0.306 e. The van der Waals surface area contributed by atoms with Crippen LogP contribution in [0.15, 0.2) is 41.3 Å². The van der Waals surface area contributed by atoms with Gasteiger partial charge in [-0.25, -0.2) is 0 Å². The molecular formula is C18H25NS2. The summed E-state index contributed by atoms with van der Waals surface area (Å²) >= 11 is 3.71. The Balaban J connectivity index is 2.31. The Morgan fingerprint density at radius 1 is 1.10 bits per heavy atom. The molecule has 0 radical (unpaired) electrons. The van der Waals surface area contributed by atoms with E-state index in [9.17, 15) is 0 Å². The van der Waals surface area contributed by atoms with Crippen LogP contribution in [0.3, 0.4) is 0 Å². The van der Waals surface area contributed by atoms with E-state index >= 15 is 0 Å². The molecule has 1 atom stereocenters. The summed E-state index contributed by atoms with van der Waals surface area (Å²) in [5.74, 6) is 0. The zero-order valence-electron chi connectivity index (χ0n) is 13.6. The molecule has 0 fully saturated rings. The Labute approximate surface area is 137 Å². The smallest absolute Gasteiger partial charge is 0.0671 e. The van der Waals surface area contributed by atoms with Gasteiger partial charge in [-0.2, -0.15) is 0 Å². The Bertz CT molecular complexity index is 564. The zero-order chi connectivity index (χ0) is 15.5. The highest BCUT2D eigenvalue weighted by atomic mass is 32.2. The number of nitrogens with one attached hydrogen (secondary N) is 1. The minimum atomic E-state index is 0.225. The highest BCUT2D eigenvalue weighted by Gasteiger charge is 2.20. The van der Waals surface area contributed by atoms with Gasteiger partial charge >= 0.3 is 0 Å². The van der Waals surface area contributed by atoms with Crippen molar-refractivity contribution in [3.63, 3.8) is 0 Å². The molecule has 0 amide bonds. The quantitative estimate of drug-likeness (QED) is 0.734. The van der Waals surface area contributed by atoms with E-state index in [2.05, 4.69) is 75.7 Å². The first-order valence-corrected chi connectivity index (χ1v) is 9.47. The summed E-state index contributed by atoms with van der Waals surface area (Å²) in [6.07, 6.45) is 2.12. The van der Waals surface area contributed by atoms with Crippen molar-refractivity contribution >= 4 is 23.1 Å². The molecule has 0 spiro atoms. The Kier molecular flexibility index (Phi) is 5.53. The third kappa shape index (κ3) is 4.12. The highest BCUT2D eigenvalue weighted by molar-refractivity contribution is 7.98. The molecule has 1 unspecified atom stereocenters. The van der Waals surface area contributed by atoms with Gasteiger partial charge < -0.3 is 5.32 Å². The summed E-state index contributed by atoms with van der Waals surface area (Å²) in [5, 5.41) is 3.62. The van der Waals surface area contributed by atoms with Crippen molar-refractivity contribution in [1.29, 1.82) is 0 Å². The van der Waals surface area contributed by atoms with E-state index in [1.807, 2.05) is 11.3 Å². The average molecular weight is 320 g/mol. The molecule has 1 aromatic heterocycles. The van der Waals surface area contributed by atoms with Crippen molar-refractivity contribution in [2.75, 3.05) is 12.8 Å². The van der Waals surface area contributed by atoms with Gasteiger partial charge in [-0.05, 0) is 48.0 Å². The van der Waals surface area contributed by atoms with Crippen molar-refractivity contribution in [3.05, 3.63) is 51.7 Å². The van der Waals surface area contributed by atoms with Gasteiger partial charge in [-0.15, -0.1) is 23.1 Å². The van der Waals surface area contributed by atoms with Crippen LogP contribution in [0.2, 0.25) is 0 Å². The molecular weight excluding hydrogens is 294 g/mol. The van der Waals surface area contributed by atoms with Crippen LogP contribution in [0.5, 0.6) is 0 Å². The fourth-order valence-corrected chi connectivity index (χ4v) is 3.87. The monoisotopic (exact) mass is 319 g/mol. The third-order valence-corrected chi connectivity index (χ3v) is 5.83. The molecule has 2 rings (SSSR count). The van der Waals surface area contributed by atoms with Crippen LogP contribution >= 0.6 is 23.1 Å². The number of hydrogen-bond donors (Lipinski definition) is 1. The number of thiophene rings is 1. The molecule has 0 aliphatic heterocycles. The van der Waals surface area contributed by atoms with Crippen molar-refractivity contribution in [3.8, 4) is 0 Å². The van der Waals surface area contributed by atoms with Crippen LogP contribution in [0.1, 0.15) is 49.1 Å². The van der Waals surface area contributed by atoms with Crippen molar-refractivity contribution in [2.45, 2.75) is 44.0 Å². The van der Waals surface area contributed by atoms with Gasteiger partial charge in [0, 0.05) is 14.6 Å². The summed E-state index contributed by atoms with van der Waals surface area (Å²) in [7, 11) is 0. The van der Waals surface area contributed by atoms with E-state index in [-0.39, 0.29) is 5.41 Å². The second-order valence-electron chi connectivity index (χ2n) is 6.22. The minimum absolute atomic E-state index is 0.225. The lowest BCUT2D eigenvalue weighted by molar-refractivity contribution is 0.604. The van der Waals surface area contributed by atoms with Crippen LogP contribution in [-0.4, -0.2) is 12.8 Å². The molecule has 0 aliphatic rings. The predicted octanol–water partition coefficient (Wildman–Crippen LogP) is 5.47. The van der Waals surface area contributed by atoms with E-state index in [4.69, 9.17) is 0 Å². The number of hydrogen-bond acceptors (Lipinski definition) is 3. The van der Waals surface area contributed by atoms with E-state index in [1.54, 1.807) is 11.8 Å². The van der Waals surface area contributed by atoms with E-state index in [1.165, 1.54) is 20.2 Å². The molecule has 1 heterocycles. The Morgan fingerprint density at radius 2 is 1.76 bits per heavy atom. The first-order chi connectivity index (χ1) is 9.95. The van der Waals surface area contributed by atoms with Gasteiger partial charge in [0.05, 0.1) is 6.04 Å². The molecule has 21 heavy (non-hydrogen) atoms. The SMILES string of the molecule is CCNC(c1ccc(SC)cc1)c1ccc(C(C)(C)C)s1. The normalized spacial score (nSPS) is 13.4. The Morgan fingerprint density at radius 3 is 2.24 bits per heavy atom. The van der Waals surface area contributed by atoms with Gasteiger partial charge in [-0.3, -0.25) is 0 Å². The molecule has 1 N–H and O–H groups in total. The van der Waals surface area contributed by atoms with Crippen LogP contribution in [0, 0.1) is 0 Å². The Hall–Kier alpha value is -0.770. The molecule has 1 aromatic carbocycles.